The van der Waals surface area contributed by atoms with E-state index in [1.807, 2.05) is 24.5 Å². The van der Waals surface area contributed by atoms with E-state index in [-0.39, 0.29) is 10.8 Å². The van der Waals surface area contributed by atoms with E-state index < -0.39 is 0 Å². The van der Waals surface area contributed by atoms with Crippen molar-refractivity contribution in [3.05, 3.63) is 52.2 Å². The van der Waals surface area contributed by atoms with Gasteiger partial charge in [0.25, 0.3) is 5.56 Å². The van der Waals surface area contributed by atoms with Gasteiger partial charge in [0.05, 0.1) is 5.69 Å². The van der Waals surface area contributed by atoms with Crippen molar-refractivity contribution in [2.24, 2.45) is 0 Å². The van der Waals surface area contributed by atoms with Crippen LogP contribution in [0.25, 0.3) is 16.7 Å². The highest BCUT2D eigenvalue weighted by atomic mass is 35.5. The molecule has 0 amide bonds. The minimum Gasteiger partial charge on any atom is -0.268 e. The van der Waals surface area contributed by atoms with Crippen LogP contribution in [0.2, 0.25) is 5.28 Å². The van der Waals surface area contributed by atoms with Gasteiger partial charge in [-0.2, -0.15) is 4.98 Å². The molecule has 100 valence electrons. The molecule has 0 radical (unpaired) electrons. The zero-order valence-electron chi connectivity index (χ0n) is 10.4. The van der Waals surface area contributed by atoms with Crippen molar-refractivity contribution in [3.8, 4) is 5.69 Å². The van der Waals surface area contributed by atoms with Crippen molar-refractivity contribution >= 4 is 34.4 Å². The first-order valence-corrected chi connectivity index (χ1v) is 7.35. The topological polar surface area (TPSA) is 60.7 Å². The summed E-state index contributed by atoms with van der Waals surface area (Å²) in [6, 6.07) is 9.10. The molecular weight excluding hydrogens is 296 g/mol. The summed E-state index contributed by atoms with van der Waals surface area (Å²) in [6.07, 6.45) is 3.34. The SMILES string of the molecule is CSc1ncc2c(=O)n(-c3ccccc3)c(Cl)nc2n1. The quantitative estimate of drug-likeness (QED) is 0.538. The maximum Gasteiger partial charge on any atom is 0.270 e. The summed E-state index contributed by atoms with van der Waals surface area (Å²) in [5, 5.41) is 0.980. The molecule has 0 saturated carbocycles. The lowest BCUT2D eigenvalue weighted by Crippen LogP contribution is -2.21. The molecule has 0 aliphatic rings. The molecular formula is C13H9ClN4OS. The number of nitrogens with zero attached hydrogens (tertiary/aromatic N) is 4. The second-order valence-electron chi connectivity index (χ2n) is 3.95. The molecule has 2 aromatic heterocycles. The van der Waals surface area contributed by atoms with Crippen LogP contribution in [-0.2, 0) is 0 Å². The lowest BCUT2D eigenvalue weighted by molar-refractivity contribution is 0.925. The van der Waals surface area contributed by atoms with Gasteiger partial charge in [0, 0.05) is 6.20 Å². The van der Waals surface area contributed by atoms with Crippen LogP contribution in [-0.4, -0.2) is 25.8 Å². The van der Waals surface area contributed by atoms with Crippen LogP contribution >= 0.6 is 23.4 Å². The Hall–Kier alpha value is -1.92. The Balaban J connectivity index is 2.33. The van der Waals surface area contributed by atoms with Gasteiger partial charge in [0.2, 0.25) is 5.28 Å². The largest absolute Gasteiger partial charge is 0.270 e. The number of fused-ring (bicyclic) bond motifs is 1. The Morgan fingerprint density at radius 3 is 2.65 bits per heavy atom. The molecule has 0 aliphatic heterocycles. The molecule has 0 unspecified atom stereocenters. The van der Waals surface area contributed by atoms with Crippen LogP contribution in [0, 0.1) is 0 Å². The predicted octanol–water partition coefficient (Wildman–Crippen LogP) is 2.55. The van der Waals surface area contributed by atoms with Crippen molar-refractivity contribution in [2.45, 2.75) is 5.16 Å². The van der Waals surface area contributed by atoms with E-state index in [2.05, 4.69) is 15.0 Å². The highest BCUT2D eigenvalue weighted by Crippen LogP contribution is 2.16. The Labute approximate surface area is 123 Å². The fraction of sp³-hybridized carbons (Fsp3) is 0.0769. The lowest BCUT2D eigenvalue weighted by atomic mass is 10.3. The molecule has 0 aliphatic carbocycles. The molecule has 5 nitrogen and oxygen atoms in total. The minimum absolute atomic E-state index is 0.0828. The molecule has 0 N–H and O–H groups in total. The van der Waals surface area contributed by atoms with Gasteiger partial charge in [-0.25, -0.2) is 9.97 Å². The van der Waals surface area contributed by atoms with E-state index in [0.29, 0.717) is 21.9 Å². The van der Waals surface area contributed by atoms with Crippen molar-refractivity contribution in [3.63, 3.8) is 0 Å². The maximum atomic E-state index is 12.5. The Morgan fingerprint density at radius 1 is 1.20 bits per heavy atom. The Morgan fingerprint density at radius 2 is 1.95 bits per heavy atom. The summed E-state index contributed by atoms with van der Waals surface area (Å²) in [4.78, 5) is 25.0. The van der Waals surface area contributed by atoms with E-state index in [0.717, 1.165) is 0 Å². The normalized spacial score (nSPS) is 10.9. The molecule has 0 atom stereocenters. The average molecular weight is 305 g/mol. The van der Waals surface area contributed by atoms with Crippen LogP contribution in [0.15, 0.2) is 46.5 Å². The molecule has 2 heterocycles. The molecule has 0 bridgehead atoms. The van der Waals surface area contributed by atoms with Crippen LogP contribution in [0.4, 0.5) is 0 Å². The number of benzene rings is 1. The fourth-order valence-corrected chi connectivity index (χ4v) is 2.42. The van der Waals surface area contributed by atoms with Gasteiger partial charge in [-0.15, -0.1) is 0 Å². The van der Waals surface area contributed by atoms with E-state index in [9.17, 15) is 4.79 Å². The molecule has 1 aromatic carbocycles. The number of thioether (sulfide) groups is 1. The summed E-state index contributed by atoms with van der Waals surface area (Å²) in [5.41, 5.74) is 0.691. The van der Waals surface area contributed by atoms with Gasteiger partial charge in [-0.05, 0) is 30.0 Å². The monoisotopic (exact) mass is 304 g/mol. The van der Waals surface area contributed by atoms with Gasteiger partial charge >= 0.3 is 0 Å². The molecule has 0 fully saturated rings. The smallest absolute Gasteiger partial charge is 0.268 e. The molecule has 7 heteroatoms. The lowest BCUT2D eigenvalue weighted by Gasteiger charge is -2.08. The van der Waals surface area contributed by atoms with Gasteiger partial charge < -0.3 is 0 Å². The molecule has 0 saturated heterocycles. The average Bonchev–Trinajstić information content (AvgIpc) is 2.47. The second-order valence-corrected chi connectivity index (χ2v) is 5.06. The summed E-state index contributed by atoms with van der Waals surface area (Å²) in [6.45, 7) is 0. The molecule has 3 rings (SSSR count). The standard InChI is InChI=1S/C13H9ClN4OS/c1-20-13-15-7-9-10(17-13)16-12(14)18(11(9)19)8-5-3-2-4-6-8/h2-7H,1H3. The first kappa shape index (κ1) is 13.1. The van der Waals surface area contributed by atoms with E-state index in [4.69, 9.17) is 11.6 Å². The number of halogens is 1. The zero-order chi connectivity index (χ0) is 14.1. The van der Waals surface area contributed by atoms with Gasteiger partial charge in [-0.1, -0.05) is 30.0 Å². The predicted molar refractivity (Wildman–Crippen MR) is 79.7 cm³/mol. The molecule has 3 aromatic rings. The van der Waals surface area contributed by atoms with Crippen molar-refractivity contribution in [1.82, 2.24) is 19.5 Å². The van der Waals surface area contributed by atoms with Crippen LogP contribution in [0.3, 0.4) is 0 Å². The molecule has 20 heavy (non-hydrogen) atoms. The summed E-state index contributed by atoms with van der Waals surface area (Å²) >= 11 is 7.50. The van der Waals surface area contributed by atoms with Crippen molar-refractivity contribution < 1.29 is 0 Å². The summed E-state index contributed by atoms with van der Waals surface area (Å²) in [7, 11) is 0. The number of aromatic nitrogens is 4. The van der Waals surface area contributed by atoms with Gasteiger partial charge in [0.1, 0.15) is 5.39 Å². The zero-order valence-corrected chi connectivity index (χ0v) is 12.0. The summed E-state index contributed by atoms with van der Waals surface area (Å²) < 4.78 is 1.34. The Bertz CT molecular complexity index is 835. The fourth-order valence-electron chi connectivity index (χ4n) is 1.83. The van der Waals surface area contributed by atoms with E-state index >= 15 is 0 Å². The molecule has 0 spiro atoms. The van der Waals surface area contributed by atoms with Crippen molar-refractivity contribution in [1.29, 1.82) is 0 Å². The van der Waals surface area contributed by atoms with Crippen molar-refractivity contribution in [2.75, 3.05) is 6.26 Å². The third kappa shape index (κ3) is 2.17. The first-order valence-electron chi connectivity index (χ1n) is 5.75. The second kappa shape index (κ2) is 5.22. The summed E-state index contributed by atoms with van der Waals surface area (Å²) in [5.74, 6) is 0. The third-order valence-corrected chi connectivity index (χ3v) is 3.58. The van der Waals surface area contributed by atoms with Crippen LogP contribution < -0.4 is 5.56 Å². The highest BCUT2D eigenvalue weighted by molar-refractivity contribution is 7.98. The maximum absolute atomic E-state index is 12.5. The van der Waals surface area contributed by atoms with Crippen LogP contribution in [0.1, 0.15) is 0 Å². The number of hydrogen-bond acceptors (Lipinski definition) is 5. The van der Waals surface area contributed by atoms with E-state index in [1.165, 1.54) is 22.5 Å². The van der Waals surface area contributed by atoms with Gasteiger partial charge in [-0.3, -0.25) is 9.36 Å². The first-order chi connectivity index (χ1) is 9.70. The van der Waals surface area contributed by atoms with Gasteiger partial charge in [0.15, 0.2) is 10.8 Å². The minimum atomic E-state index is -0.279. The van der Waals surface area contributed by atoms with E-state index in [1.54, 1.807) is 12.1 Å². The highest BCUT2D eigenvalue weighted by Gasteiger charge is 2.12. The number of hydrogen-bond donors (Lipinski definition) is 0. The number of rotatable bonds is 2. The third-order valence-electron chi connectivity index (χ3n) is 2.76. The number of para-hydroxylation sites is 1. The van der Waals surface area contributed by atoms with Crippen LogP contribution in [0.5, 0.6) is 0 Å². The Kier molecular flexibility index (Phi) is 3.42.